The van der Waals surface area contributed by atoms with Gasteiger partial charge < -0.3 is 20.3 Å². The van der Waals surface area contributed by atoms with Gasteiger partial charge in [-0.3, -0.25) is 4.99 Å². The van der Waals surface area contributed by atoms with Crippen LogP contribution in [0.25, 0.3) is 0 Å². The van der Waals surface area contributed by atoms with Crippen LogP contribution in [0, 0.1) is 5.82 Å². The van der Waals surface area contributed by atoms with Crippen LogP contribution in [0.15, 0.2) is 65.7 Å². The Morgan fingerprint density at radius 1 is 1.14 bits per heavy atom. The standard InChI is InChI=1S/C22H27FN4O.HI/c1-17(28-21-10-8-19(23)9-11-21)15-25-22(24-2)26-16-18-6-5-7-20(14-18)27-12-3-4-13-27;/h3-11,14,17H,12-13,15-16H2,1-2H3,(H2,24,25,26);1H. The third-order valence-electron chi connectivity index (χ3n) is 4.49. The van der Waals surface area contributed by atoms with Crippen LogP contribution in [0.2, 0.25) is 0 Å². The lowest BCUT2D eigenvalue weighted by Gasteiger charge is -2.19. The fourth-order valence-electron chi connectivity index (χ4n) is 2.99. The molecule has 1 heterocycles. The molecule has 0 amide bonds. The van der Waals surface area contributed by atoms with Crippen molar-refractivity contribution in [1.29, 1.82) is 0 Å². The molecule has 0 bridgehead atoms. The molecule has 2 N–H and O–H groups in total. The number of guanidine groups is 1. The van der Waals surface area contributed by atoms with Gasteiger partial charge in [0.15, 0.2) is 5.96 Å². The third kappa shape index (κ3) is 7.23. The van der Waals surface area contributed by atoms with Crippen molar-refractivity contribution in [3.63, 3.8) is 0 Å². The van der Waals surface area contributed by atoms with Gasteiger partial charge in [-0.15, -0.1) is 24.0 Å². The van der Waals surface area contributed by atoms with Crippen molar-refractivity contribution < 1.29 is 9.13 Å². The summed E-state index contributed by atoms with van der Waals surface area (Å²) in [6.07, 6.45) is 4.28. The number of rotatable bonds is 7. The summed E-state index contributed by atoms with van der Waals surface area (Å²) < 4.78 is 18.7. The second-order valence-electron chi connectivity index (χ2n) is 6.74. The fourth-order valence-corrected chi connectivity index (χ4v) is 2.99. The molecule has 7 heteroatoms. The first-order valence-electron chi connectivity index (χ1n) is 9.49. The monoisotopic (exact) mass is 510 g/mol. The van der Waals surface area contributed by atoms with Gasteiger partial charge in [-0.1, -0.05) is 24.3 Å². The van der Waals surface area contributed by atoms with E-state index in [0.29, 0.717) is 24.8 Å². The van der Waals surface area contributed by atoms with Crippen LogP contribution in [0.4, 0.5) is 10.1 Å². The lowest BCUT2D eigenvalue weighted by molar-refractivity contribution is 0.223. The lowest BCUT2D eigenvalue weighted by Crippen LogP contribution is -2.41. The molecule has 0 fully saturated rings. The lowest BCUT2D eigenvalue weighted by atomic mass is 10.2. The Morgan fingerprint density at radius 2 is 1.86 bits per heavy atom. The van der Waals surface area contributed by atoms with Gasteiger partial charge in [0.1, 0.15) is 17.7 Å². The summed E-state index contributed by atoms with van der Waals surface area (Å²) in [5.74, 6) is 1.09. The van der Waals surface area contributed by atoms with Crippen LogP contribution in [0.1, 0.15) is 12.5 Å². The molecular formula is C22H28FIN4O. The minimum atomic E-state index is -0.271. The number of benzene rings is 2. The van der Waals surface area contributed by atoms with Gasteiger partial charge in [0.25, 0.3) is 0 Å². The number of anilines is 1. The highest BCUT2D eigenvalue weighted by Gasteiger charge is 2.09. The van der Waals surface area contributed by atoms with E-state index in [0.717, 1.165) is 13.1 Å². The highest BCUT2D eigenvalue weighted by atomic mass is 127. The van der Waals surface area contributed by atoms with E-state index in [1.165, 1.54) is 23.4 Å². The van der Waals surface area contributed by atoms with E-state index in [9.17, 15) is 4.39 Å². The molecule has 0 spiro atoms. The summed E-state index contributed by atoms with van der Waals surface area (Å²) in [6, 6.07) is 14.6. The molecule has 156 valence electrons. The Hall–Kier alpha value is -2.29. The van der Waals surface area contributed by atoms with Crippen molar-refractivity contribution >= 4 is 35.6 Å². The summed E-state index contributed by atoms with van der Waals surface area (Å²) in [4.78, 5) is 6.59. The molecule has 1 aliphatic rings. The average Bonchev–Trinajstić information content (AvgIpc) is 3.25. The van der Waals surface area contributed by atoms with E-state index in [1.54, 1.807) is 19.2 Å². The molecule has 0 saturated carbocycles. The van der Waals surface area contributed by atoms with Gasteiger partial charge in [0.05, 0.1) is 6.54 Å². The number of ether oxygens (including phenoxy) is 1. The van der Waals surface area contributed by atoms with E-state index >= 15 is 0 Å². The number of nitrogens with one attached hydrogen (secondary N) is 2. The fraction of sp³-hybridized carbons (Fsp3) is 0.318. The highest BCUT2D eigenvalue weighted by molar-refractivity contribution is 14.0. The molecule has 0 saturated heterocycles. The predicted octanol–water partition coefficient (Wildman–Crippen LogP) is 3.95. The van der Waals surface area contributed by atoms with Gasteiger partial charge in [-0.05, 0) is 48.9 Å². The molecule has 1 unspecified atom stereocenters. The first kappa shape index (κ1) is 23.0. The minimum absolute atomic E-state index is 0. The Labute approximate surface area is 189 Å². The molecular weight excluding hydrogens is 482 g/mol. The zero-order valence-electron chi connectivity index (χ0n) is 16.8. The Kier molecular flexibility index (Phi) is 9.24. The average molecular weight is 510 g/mol. The number of hydrogen-bond donors (Lipinski definition) is 2. The first-order valence-corrected chi connectivity index (χ1v) is 9.49. The molecule has 29 heavy (non-hydrogen) atoms. The van der Waals surface area contributed by atoms with Crippen LogP contribution in [0.5, 0.6) is 5.75 Å². The predicted molar refractivity (Wildman–Crippen MR) is 128 cm³/mol. The minimum Gasteiger partial charge on any atom is -0.489 e. The molecule has 2 aromatic carbocycles. The van der Waals surface area contributed by atoms with E-state index in [4.69, 9.17) is 4.74 Å². The number of halogens is 2. The normalized spacial score (nSPS) is 14.3. The van der Waals surface area contributed by atoms with Crippen molar-refractivity contribution in [1.82, 2.24) is 10.6 Å². The van der Waals surface area contributed by atoms with Crippen molar-refractivity contribution in [2.24, 2.45) is 4.99 Å². The van der Waals surface area contributed by atoms with Gasteiger partial charge >= 0.3 is 0 Å². The molecule has 3 rings (SSSR count). The second-order valence-corrected chi connectivity index (χ2v) is 6.74. The number of nitrogens with zero attached hydrogens (tertiary/aromatic N) is 2. The van der Waals surface area contributed by atoms with E-state index in [2.05, 4.69) is 56.9 Å². The summed E-state index contributed by atoms with van der Waals surface area (Å²) in [5.41, 5.74) is 2.43. The second kappa shape index (κ2) is 11.6. The third-order valence-corrected chi connectivity index (χ3v) is 4.49. The molecule has 0 aromatic heterocycles. The Bertz CT molecular complexity index is 818. The maximum atomic E-state index is 13.0. The van der Waals surface area contributed by atoms with Gasteiger partial charge in [-0.25, -0.2) is 4.39 Å². The van der Waals surface area contributed by atoms with Gasteiger partial charge in [0.2, 0.25) is 0 Å². The SMILES string of the molecule is CN=C(NCc1cccc(N2CC=CC2)c1)NCC(C)Oc1ccc(F)cc1.I. The molecule has 0 aliphatic carbocycles. The quantitative estimate of drug-likeness (QED) is 0.257. The molecule has 2 aromatic rings. The molecule has 1 aliphatic heterocycles. The maximum absolute atomic E-state index is 13.0. The molecule has 5 nitrogen and oxygen atoms in total. The van der Waals surface area contributed by atoms with Crippen molar-refractivity contribution in [3.05, 3.63) is 72.1 Å². The van der Waals surface area contributed by atoms with Crippen molar-refractivity contribution in [2.45, 2.75) is 19.6 Å². The van der Waals surface area contributed by atoms with Crippen LogP contribution in [0.3, 0.4) is 0 Å². The van der Waals surface area contributed by atoms with Gasteiger partial charge in [0, 0.05) is 32.4 Å². The van der Waals surface area contributed by atoms with Crippen LogP contribution < -0.4 is 20.3 Å². The Balaban J connectivity index is 0.00000300. The zero-order chi connectivity index (χ0) is 19.8. The molecule has 1 atom stereocenters. The highest BCUT2D eigenvalue weighted by Crippen LogP contribution is 2.18. The Morgan fingerprint density at radius 3 is 2.55 bits per heavy atom. The van der Waals surface area contributed by atoms with Gasteiger partial charge in [-0.2, -0.15) is 0 Å². The summed E-state index contributed by atoms with van der Waals surface area (Å²) in [5, 5.41) is 6.59. The number of hydrogen-bond acceptors (Lipinski definition) is 3. The molecule has 0 radical (unpaired) electrons. The van der Waals surface area contributed by atoms with Crippen LogP contribution >= 0.6 is 24.0 Å². The first-order chi connectivity index (χ1) is 13.6. The van der Waals surface area contributed by atoms with E-state index < -0.39 is 0 Å². The van der Waals surface area contributed by atoms with Crippen molar-refractivity contribution in [3.8, 4) is 5.75 Å². The summed E-state index contributed by atoms with van der Waals surface area (Å²) >= 11 is 0. The smallest absolute Gasteiger partial charge is 0.191 e. The van der Waals surface area contributed by atoms with E-state index in [1.807, 2.05) is 6.92 Å². The summed E-state index contributed by atoms with van der Waals surface area (Å²) in [6.45, 7) is 5.15. The van der Waals surface area contributed by atoms with Crippen LogP contribution in [-0.4, -0.2) is 38.7 Å². The topological polar surface area (TPSA) is 48.9 Å². The van der Waals surface area contributed by atoms with E-state index in [-0.39, 0.29) is 35.9 Å². The zero-order valence-corrected chi connectivity index (χ0v) is 19.1. The largest absolute Gasteiger partial charge is 0.489 e. The maximum Gasteiger partial charge on any atom is 0.191 e. The van der Waals surface area contributed by atoms with Crippen molar-refractivity contribution in [2.75, 3.05) is 31.6 Å². The number of aliphatic imine (C=N–C) groups is 1. The summed E-state index contributed by atoms with van der Waals surface area (Å²) in [7, 11) is 1.74. The van der Waals surface area contributed by atoms with Crippen LogP contribution in [-0.2, 0) is 6.54 Å².